The number of rotatable bonds is 1. The second-order valence-electron chi connectivity index (χ2n) is 3.47. The summed E-state index contributed by atoms with van der Waals surface area (Å²) in [5.41, 5.74) is 0.169. The van der Waals surface area contributed by atoms with E-state index in [1.165, 1.54) is 0 Å². The van der Waals surface area contributed by atoms with E-state index in [2.05, 4.69) is 10.3 Å². The maximum Gasteiger partial charge on any atom is 0.326 e. The predicted molar refractivity (Wildman–Crippen MR) is 50.9 cm³/mol. The van der Waals surface area contributed by atoms with Crippen molar-refractivity contribution in [2.75, 3.05) is 13.1 Å². The van der Waals surface area contributed by atoms with Crippen LogP contribution in [0.2, 0.25) is 0 Å². The average molecular weight is 192 g/mol. The largest absolute Gasteiger partial charge is 0.326 e. The molecule has 0 spiro atoms. The van der Waals surface area contributed by atoms with Crippen LogP contribution < -0.4 is 11.0 Å². The van der Waals surface area contributed by atoms with Crippen LogP contribution in [0.4, 0.5) is 0 Å². The third-order valence-electron chi connectivity index (χ3n) is 2.57. The van der Waals surface area contributed by atoms with Gasteiger partial charge in [0.2, 0.25) is 0 Å². The number of aromatic nitrogens is 2. The molecule has 2 heterocycles. The number of nitriles is 1. The molecular weight excluding hydrogens is 180 g/mol. The van der Waals surface area contributed by atoms with Gasteiger partial charge in [-0.25, -0.2) is 4.79 Å². The van der Waals surface area contributed by atoms with Crippen LogP contribution in [0.5, 0.6) is 0 Å². The molecule has 1 aliphatic rings. The fourth-order valence-corrected chi connectivity index (χ4v) is 1.82. The molecule has 2 N–H and O–H groups in total. The Morgan fingerprint density at radius 2 is 2.21 bits per heavy atom. The van der Waals surface area contributed by atoms with Crippen LogP contribution in [0.15, 0.2) is 11.0 Å². The van der Waals surface area contributed by atoms with Gasteiger partial charge in [0.15, 0.2) is 0 Å². The number of imidazole rings is 1. The second-order valence-corrected chi connectivity index (χ2v) is 3.47. The van der Waals surface area contributed by atoms with E-state index >= 15 is 0 Å². The van der Waals surface area contributed by atoms with Gasteiger partial charge in [0.05, 0.1) is 0 Å². The number of H-pyrrole nitrogens is 1. The summed E-state index contributed by atoms with van der Waals surface area (Å²) in [5, 5.41) is 11.9. The normalized spacial score (nSPS) is 17.9. The quantitative estimate of drug-likeness (QED) is 0.656. The molecule has 0 amide bonds. The number of aromatic amines is 1. The van der Waals surface area contributed by atoms with Crippen molar-refractivity contribution >= 4 is 0 Å². The average Bonchev–Trinajstić information content (AvgIpc) is 2.61. The number of nitrogens with zero attached hydrogens (tertiary/aromatic N) is 2. The van der Waals surface area contributed by atoms with Crippen molar-refractivity contribution in [3.8, 4) is 6.07 Å². The van der Waals surface area contributed by atoms with Gasteiger partial charge in [-0.2, -0.15) is 5.26 Å². The van der Waals surface area contributed by atoms with Gasteiger partial charge in [-0.15, -0.1) is 0 Å². The first-order valence-electron chi connectivity index (χ1n) is 4.73. The zero-order valence-electron chi connectivity index (χ0n) is 7.79. The van der Waals surface area contributed by atoms with Crippen molar-refractivity contribution in [3.63, 3.8) is 0 Å². The van der Waals surface area contributed by atoms with Gasteiger partial charge in [-0.05, 0) is 25.9 Å². The van der Waals surface area contributed by atoms with Gasteiger partial charge in [0, 0.05) is 12.2 Å². The Labute approximate surface area is 81.4 Å². The molecule has 0 radical (unpaired) electrons. The van der Waals surface area contributed by atoms with Crippen LogP contribution in [0.1, 0.15) is 24.6 Å². The third kappa shape index (κ3) is 1.56. The van der Waals surface area contributed by atoms with Crippen molar-refractivity contribution < 1.29 is 0 Å². The Kier molecular flexibility index (Phi) is 2.37. The molecule has 0 unspecified atom stereocenters. The van der Waals surface area contributed by atoms with Crippen molar-refractivity contribution in [3.05, 3.63) is 22.4 Å². The summed E-state index contributed by atoms with van der Waals surface area (Å²) in [6.07, 6.45) is 3.50. The van der Waals surface area contributed by atoms with E-state index in [4.69, 9.17) is 5.26 Å². The lowest BCUT2D eigenvalue weighted by Gasteiger charge is -2.22. The first kappa shape index (κ1) is 9.03. The molecule has 0 saturated carbocycles. The lowest BCUT2D eigenvalue weighted by molar-refractivity contribution is 0.361. The molecular formula is C9H12N4O. The molecule has 14 heavy (non-hydrogen) atoms. The molecule has 1 fully saturated rings. The summed E-state index contributed by atoms with van der Waals surface area (Å²) in [6, 6.07) is 2.17. The maximum atomic E-state index is 11.4. The smallest absolute Gasteiger partial charge is 0.317 e. The van der Waals surface area contributed by atoms with Gasteiger partial charge in [-0.1, -0.05) is 0 Å². The number of hydrogen-bond donors (Lipinski definition) is 2. The molecule has 0 aliphatic carbocycles. The maximum absolute atomic E-state index is 11.4. The lowest BCUT2D eigenvalue weighted by atomic mass is 10.1. The fraction of sp³-hybridized carbons (Fsp3) is 0.556. The molecule has 1 saturated heterocycles. The Morgan fingerprint density at radius 3 is 2.79 bits per heavy atom. The van der Waals surface area contributed by atoms with Crippen LogP contribution >= 0.6 is 0 Å². The molecule has 0 atom stereocenters. The van der Waals surface area contributed by atoms with Gasteiger partial charge >= 0.3 is 5.69 Å². The Bertz CT molecular complexity index is 405. The SMILES string of the molecule is N#Cc1cn(C2CCNCC2)c(=O)[nH]1. The number of piperidine rings is 1. The van der Waals surface area contributed by atoms with Gasteiger partial charge in [0.25, 0.3) is 0 Å². The van der Waals surface area contributed by atoms with Crippen molar-refractivity contribution in [2.45, 2.75) is 18.9 Å². The zero-order chi connectivity index (χ0) is 9.97. The first-order chi connectivity index (χ1) is 6.81. The molecule has 0 bridgehead atoms. The Balaban J connectivity index is 2.27. The minimum atomic E-state index is -0.173. The van der Waals surface area contributed by atoms with E-state index in [-0.39, 0.29) is 11.7 Å². The minimum Gasteiger partial charge on any atom is -0.317 e. The van der Waals surface area contributed by atoms with Crippen LogP contribution in [0.25, 0.3) is 0 Å². The summed E-state index contributed by atoms with van der Waals surface area (Å²) in [7, 11) is 0. The summed E-state index contributed by atoms with van der Waals surface area (Å²) in [6.45, 7) is 1.87. The van der Waals surface area contributed by atoms with E-state index in [1.54, 1.807) is 10.8 Å². The van der Waals surface area contributed by atoms with Gasteiger partial charge in [-0.3, -0.25) is 9.55 Å². The van der Waals surface area contributed by atoms with Crippen molar-refractivity contribution in [1.82, 2.24) is 14.9 Å². The number of nitrogens with one attached hydrogen (secondary N) is 2. The molecule has 74 valence electrons. The summed E-state index contributed by atoms with van der Waals surface area (Å²) < 4.78 is 1.64. The monoisotopic (exact) mass is 192 g/mol. The highest BCUT2D eigenvalue weighted by atomic mass is 16.1. The Morgan fingerprint density at radius 1 is 1.50 bits per heavy atom. The molecule has 5 nitrogen and oxygen atoms in total. The van der Waals surface area contributed by atoms with E-state index < -0.39 is 0 Å². The van der Waals surface area contributed by atoms with Crippen LogP contribution in [-0.4, -0.2) is 22.6 Å². The molecule has 0 aromatic carbocycles. The highest BCUT2D eigenvalue weighted by Crippen LogP contribution is 2.16. The van der Waals surface area contributed by atoms with Crippen molar-refractivity contribution in [1.29, 1.82) is 5.26 Å². The molecule has 1 aromatic heterocycles. The Hall–Kier alpha value is -1.54. The second kappa shape index (κ2) is 3.68. The number of hydrogen-bond acceptors (Lipinski definition) is 3. The van der Waals surface area contributed by atoms with Crippen LogP contribution in [-0.2, 0) is 0 Å². The third-order valence-corrected chi connectivity index (χ3v) is 2.57. The highest BCUT2D eigenvalue weighted by molar-refractivity contribution is 5.16. The van der Waals surface area contributed by atoms with Gasteiger partial charge < -0.3 is 5.32 Å². The first-order valence-corrected chi connectivity index (χ1v) is 4.73. The molecule has 5 heteroatoms. The summed E-state index contributed by atoms with van der Waals surface area (Å²) in [4.78, 5) is 14.0. The van der Waals surface area contributed by atoms with E-state index in [0.29, 0.717) is 5.69 Å². The summed E-state index contributed by atoms with van der Waals surface area (Å²) >= 11 is 0. The van der Waals surface area contributed by atoms with E-state index in [1.807, 2.05) is 6.07 Å². The highest BCUT2D eigenvalue weighted by Gasteiger charge is 2.17. The van der Waals surface area contributed by atoms with E-state index in [0.717, 1.165) is 25.9 Å². The van der Waals surface area contributed by atoms with Crippen LogP contribution in [0, 0.1) is 11.3 Å². The van der Waals surface area contributed by atoms with Crippen LogP contribution in [0.3, 0.4) is 0 Å². The lowest BCUT2D eigenvalue weighted by Crippen LogP contribution is -2.32. The van der Waals surface area contributed by atoms with E-state index in [9.17, 15) is 4.79 Å². The molecule has 1 aliphatic heterocycles. The molecule has 1 aromatic rings. The fourth-order valence-electron chi connectivity index (χ4n) is 1.82. The standard InChI is InChI=1S/C9H12N4O/c10-5-7-6-13(9(14)12-7)8-1-3-11-4-2-8/h6,8,11H,1-4H2,(H,12,14). The molecule has 2 rings (SSSR count). The summed E-state index contributed by atoms with van der Waals surface area (Å²) in [5.74, 6) is 0. The van der Waals surface area contributed by atoms with Crippen molar-refractivity contribution in [2.24, 2.45) is 0 Å². The zero-order valence-corrected chi connectivity index (χ0v) is 7.79. The topological polar surface area (TPSA) is 73.6 Å². The predicted octanol–water partition coefficient (Wildman–Crippen LogP) is -0.0274. The minimum absolute atomic E-state index is 0.173. The van der Waals surface area contributed by atoms with Gasteiger partial charge in [0.1, 0.15) is 11.8 Å².